The highest BCUT2D eigenvalue weighted by Crippen LogP contribution is 2.12. The van der Waals surface area contributed by atoms with Gasteiger partial charge in [-0.1, -0.05) is 45.8 Å². The zero-order valence-electron chi connectivity index (χ0n) is 8.29. The lowest BCUT2D eigenvalue weighted by molar-refractivity contribution is -0.139. The average Bonchev–Trinajstić information content (AvgIpc) is 2.20. The van der Waals surface area contributed by atoms with Crippen LogP contribution in [0.2, 0.25) is 0 Å². The first-order chi connectivity index (χ1) is 6.63. The van der Waals surface area contributed by atoms with Crippen LogP contribution in [0, 0.1) is 6.92 Å². The Kier molecular flexibility index (Phi) is 4.14. The van der Waals surface area contributed by atoms with E-state index in [0.717, 1.165) is 5.56 Å². The number of methoxy groups -OCH3 is 1. The van der Waals surface area contributed by atoms with Crippen molar-refractivity contribution in [3.05, 3.63) is 35.4 Å². The number of carbonyl (C=O) groups excluding carboxylic acids is 1. The van der Waals surface area contributed by atoms with E-state index in [0.29, 0.717) is 6.42 Å². The Balaban J connectivity index is 2.60. The van der Waals surface area contributed by atoms with Gasteiger partial charge in [-0.25, -0.2) is 0 Å². The summed E-state index contributed by atoms with van der Waals surface area (Å²) in [6.45, 7) is 2.04. The second kappa shape index (κ2) is 5.15. The van der Waals surface area contributed by atoms with Crippen LogP contribution >= 0.6 is 15.9 Å². The van der Waals surface area contributed by atoms with Gasteiger partial charge >= 0.3 is 5.97 Å². The van der Waals surface area contributed by atoms with Gasteiger partial charge in [-0.05, 0) is 18.9 Å². The molecule has 0 fully saturated rings. The minimum Gasteiger partial charge on any atom is -0.468 e. The average molecular weight is 257 g/mol. The van der Waals surface area contributed by atoms with E-state index < -0.39 is 0 Å². The zero-order chi connectivity index (χ0) is 10.6. The molecule has 0 saturated heterocycles. The summed E-state index contributed by atoms with van der Waals surface area (Å²) in [5.41, 5.74) is 2.35. The van der Waals surface area contributed by atoms with Crippen LogP contribution in [0.3, 0.4) is 0 Å². The lowest BCUT2D eigenvalue weighted by Crippen LogP contribution is -2.17. The molecule has 14 heavy (non-hydrogen) atoms. The van der Waals surface area contributed by atoms with Crippen molar-refractivity contribution in [1.29, 1.82) is 0 Å². The molecule has 0 aliphatic heterocycles. The van der Waals surface area contributed by atoms with Crippen LogP contribution in [0.5, 0.6) is 0 Å². The fourth-order valence-electron chi connectivity index (χ4n) is 1.14. The summed E-state index contributed by atoms with van der Waals surface area (Å²) in [5, 5.41) is 0. The lowest BCUT2D eigenvalue weighted by atomic mass is 10.1. The number of hydrogen-bond donors (Lipinski definition) is 0. The third kappa shape index (κ3) is 3.14. The van der Waals surface area contributed by atoms with Crippen molar-refractivity contribution >= 4 is 21.9 Å². The summed E-state index contributed by atoms with van der Waals surface area (Å²) in [7, 11) is 1.39. The van der Waals surface area contributed by atoms with Crippen LogP contribution in [0.1, 0.15) is 11.1 Å². The van der Waals surface area contributed by atoms with Crippen molar-refractivity contribution in [3.63, 3.8) is 0 Å². The first kappa shape index (κ1) is 11.2. The number of aryl methyl sites for hydroxylation is 1. The van der Waals surface area contributed by atoms with Crippen molar-refractivity contribution in [3.8, 4) is 0 Å². The standard InChI is InChI=1S/C11H13BrO2/c1-8-3-5-9(6-4-8)7-10(12)11(13)14-2/h3-6,10H,7H2,1-2H3/t10-/m0/s1. The van der Waals surface area contributed by atoms with E-state index in [2.05, 4.69) is 20.7 Å². The molecule has 0 unspecified atom stereocenters. The van der Waals surface area contributed by atoms with E-state index in [9.17, 15) is 4.79 Å². The van der Waals surface area contributed by atoms with Gasteiger partial charge in [-0.3, -0.25) is 4.79 Å². The molecule has 1 atom stereocenters. The van der Waals surface area contributed by atoms with Crippen molar-refractivity contribution in [1.82, 2.24) is 0 Å². The highest BCUT2D eigenvalue weighted by molar-refractivity contribution is 9.10. The van der Waals surface area contributed by atoms with Crippen molar-refractivity contribution in [2.75, 3.05) is 7.11 Å². The van der Waals surface area contributed by atoms with Gasteiger partial charge in [-0.15, -0.1) is 0 Å². The molecule has 0 spiro atoms. The van der Waals surface area contributed by atoms with Crippen molar-refractivity contribution in [2.24, 2.45) is 0 Å². The second-order valence-electron chi connectivity index (χ2n) is 3.18. The molecular formula is C11H13BrO2. The Morgan fingerprint density at radius 2 is 2.00 bits per heavy atom. The summed E-state index contributed by atoms with van der Waals surface area (Å²) in [6.07, 6.45) is 0.660. The van der Waals surface area contributed by atoms with E-state index in [4.69, 9.17) is 0 Å². The molecule has 0 heterocycles. The highest BCUT2D eigenvalue weighted by atomic mass is 79.9. The molecule has 0 aromatic heterocycles. The first-order valence-electron chi connectivity index (χ1n) is 4.41. The number of carbonyl (C=O) groups is 1. The predicted molar refractivity (Wildman–Crippen MR) is 59.6 cm³/mol. The molecule has 0 aliphatic carbocycles. The number of hydrogen-bond acceptors (Lipinski definition) is 2. The van der Waals surface area contributed by atoms with E-state index in [-0.39, 0.29) is 10.8 Å². The Hall–Kier alpha value is -0.830. The predicted octanol–water partition coefficient (Wildman–Crippen LogP) is 2.47. The fraction of sp³-hybridized carbons (Fsp3) is 0.364. The Morgan fingerprint density at radius 3 is 2.50 bits per heavy atom. The van der Waals surface area contributed by atoms with Gasteiger partial charge in [0.1, 0.15) is 4.83 Å². The van der Waals surface area contributed by atoms with Gasteiger partial charge < -0.3 is 4.74 Å². The van der Waals surface area contributed by atoms with E-state index in [1.807, 2.05) is 31.2 Å². The molecule has 1 rings (SSSR count). The highest BCUT2D eigenvalue weighted by Gasteiger charge is 2.15. The smallest absolute Gasteiger partial charge is 0.319 e. The van der Waals surface area contributed by atoms with E-state index in [1.165, 1.54) is 12.7 Å². The number of benzene rings is 1. The minimum atomic E-state index is -0.254. The Bertz CT molecular complexity index is 306. The van der Waals surface area contributed by atoms with Crippen LogP contribution in [0.4, 0.5) is 0 Å². The summed E-state index contributed by atoms with van der Waals surface area (Å²) in [4.78, 5) is 10.9. The van der Waals surface area contributed by atoms with E-state index >= 15 is 0 Å². The Morgan fingerprint density at radius 1 is 1.43 bits per heavy atom. The molecule has 3 heteroatoms. The first-order valence-corrected chi connectivity index (χ1v) is 5.32. The van der Waals surface area contributed by atoms with Crippen molar-refractivity contribution in [2.45, 2.75) is 18.2 Å². The number of rotatable bonds is 3. The molecule has 1 aromatic rings. The number of alkyl halides is 1. The molecule has 0 N–H and O–H groups in total. The van der Waals surface area contributed by atoms with E-state index in [1.54, 1.807) is 0 Å². The minimum absolute atomic E-state index is 0.231. The zero-order valence-corrected chi connectivity index (χ0v) is 9.87. The lowest BCUT2D eigenvalue weighted by Gasteiger charge is -2.07. The van der Waals surface area contributed by atoms with Gasteiger partial charge in [0.25, 0.3) is 0 Å². The van der Waals surface area contributed by atoms with Gasteiger partial charge in [0.15, 0.2) is 0 Å². The van der Waals surface area contributed by atoms with Gasteiger partial charge in [0, 0.05) is 0 Å². The molecule has 0 amide bonds. The Labute approximate surface area is 92.4 Å². The molecule has 2 nitrogen and oxygen atoms in total. The summed E-state index contributed by atoms with van der Waals surface area (Å²) >= 11 is 3.28. The van der Waals surface area contributed by atoms with Crippen LogP contribution in [-0.4, -0.2) is 17.9 Å². The van der Waals surface area contributed by atoms with Crippen LogP contribution in [0.25, 0.3) is 0 Å². The summed E-state index contributed by atoms with van der Waals surface area (Å²) in [6, 6.07) is 8.11. The fourth-order valence-corrected chi connectivity index (χ4v) is 1.70. The molecule has 0 aliphatic rings. The molecule has 1 aromatic carbocycles. The van der Waals surface area contributed by atoms with Crippen molar-refractivity contribution < 1.29 is 9.53 Å². The van der Waals surface area contributed by atoms with Gasteiger partial charge in [0.2, 0.25) is 0 Å². The molecule has 0 saturated carbocycles. The topological polar surface area (TPSA) is 26.3 Å². The number of esters is 1. The summed E-state index contributed by atoms with van der Waals surface area (Å²) < 4.78 is 4.62. The molecule has 0 bridgehead atoms. The number of halogens is 1. The molecule has 76 valence electrons. The summed E-state index contributed by atoms with van der Waals surface area (Å²) in [5.74, 6) is -0.231. The third-order valence-corrected chi connectivity index (χ3v) is 2.69. The second-order valence-corrected chi connectivity index (χ2v) is 4.29. The van der Waals surface area contributed by atoms with Gasteiger partial charge in [-0.2, -0.15) is 0 Å². The maximum Gasteiger partial charge on any atom is 0.319 e. The largest absolute Gasteiger partial charge is 0.468 e. The SMILES string of the molecule is COC(=O)[C@@H](Br)Cc1ccc(C)cc1. The maximum absolute atomic E-state index is 11.1. The quantitative estimate of drug-likeness (QED) is 0.614. The monoisotopic (exact) mass is 256 g/mol. The third-order valence-electron chi connectivity index (χ3n) is 1.99. The number of ether oxygens (including phenoxy) is 1. The normalized spacial score (nSPS) is 12.2. The van der Waals surface area contributed by atoms with Crippen LogP contribution < -0.4 is 0 Å². The molecular weight excluding hydrogens is 244 g/mol. The molecule has 0 radical (unpaired) electrons. The van der Waals surface area contributed by atoms with Crippen LogP contribution in [-0.2, 0) is 16.0 Å². The van der Waals surface area contributed by atoms with Gasteiger partial charge in [0.05, 0.1) is 7.11 Å². The maximum atomic E-state index is 11.1. The van der Waals surface area contributed by atoms with Crippen LogP contribution in [0.15, 0.2) is 24.3 Å².